The molecule has 0 spiro atoms. The summed E-state index contributed by atoms with van der Waals surface area (Å²) in [4.78, 5) is 9.31. The molecule has 4 aromatic carbocycles. The first-order chi connectivity index (χ1) is 25.0. The molecule has 0 radical (unpaired) electrons. The Morgan fingerprint density at radius 2 is 1.47 bits per heavy atom. The van der Waals surface area contributed by atoms with Crippen molar-refractivity contribution in [1.29, 1.82) is 5.26 Å². The molecule has 256 valence electrons. The minimum atomic E-state index is -1.41. The van der Waals surface area contributed by atoms with Crippen LogP contribution >= 0.6 is 0 Å². The van der Waals surface area contributed by atoms with Crippen LogP contribution in [-0.2, 0) is 25.2 Å². The highest BCUT2D eigenvalue weighted by molar-refractivity contribution is 6.68. The summed E-state index contributed by atoms with van der Waals surface area (Å²) in [6.45, 7) is 4.42. The first-order valence-electron chi connectivity index (χ1n) is 17.6. The summed E-state index contributed by atoms with van der Waals surface area (Å²) < 4.78 is 28.8. The van der Waals surface area contributed by atoms with Gasteiger partial charge in [0.2, 0.25) is 11.8 Å². The number of fused-ring (bicyclic) bond motifs is 1. The summed E-state index contributed by atoms with van der Waals surface area (Å²) in [5.41, 5.74) is 3.64. The predicted molar refractivity (Wildman–Crippen MR) is 201 cm³/mol. The van der Waals surface area contributed by atoms with Crippen LogP contribution in [0.1, 0.15) is 48.9 Å². The Hall–Kier alpha value is -5.52. The number of aliphatic hydroxyl groups is 1. The standard InChI is InChI=1S/C41H35BFN3O3.C2H6/c43-39-35-23-32(34-16-19-38(48-26-30-12-6-2-7-13-30)46-40(34)49-27-31-14-8-3-9-15-31)25-45-37(35)18-17-36(39)41(47)20-21-42(28-44)33(24-41)22-29-10-4-1-5-11-29;1-2/h1-19,23,25,33,47H,20-22,24,26-27H2;1-2H3. The summed E-state index contributed by atoms with van der Waals surface area (Å²) >= 11 is 0. The van der Waals surface area contributed by atoms with Crippen molar-refractivity contribution in [3.63, 3.8) is 0 Å². The van der Waals surface area contributed by atoms with Crippen LogP contribution in [0, 0.1) is 17.0 Å². The third kappa shape index (κ3) is 8.28. The Balaban J connectivity index is 0.00000220. The van der Waals surface area contributed by atoms with E-state index in [9.17, 15) is 10.4 Å². The Labute approximate surface area is 299 Å². The number of ether oxygens (including phenoxy) is 2. The molecule has 1 fully saturated rings. The van der Waals surface area contributed by atoms with Gasteiger partial charge >= 0.3 is 0 Å². The molecule has 0 aliphatic carbocycles. The van der Waals surface area contributed by atoms with Crippen LogP contribution in [0.15, 0.2) is 128 Å². The molecule has 2 atom stereocenters. The minimum absolute atomic E-state index is 0.108. The molecular formula is C43H41BFN3O3. The monoisotopic (exact) mass is 677 g/mol. The van der Waals surface area contributed by atoms with Crippen molar-refractivity contribution in [3.8, 4) is 28.9 Å². The van der Waals surface area contributed by atoms with Gasteiger partial charge in [-0.25, -0.2) is 9.65 Å². The largest absolute Gasteiger partial charge is 0.473 e. The van der Waals surface area contributed by atoms with Crippen LogP contribution in [-0.4, -0.2) is 21.8 Å². The number of nitrogens with zero attached hydrogens (tertiary/aromatic N) is 3. The average molecular weight is 678 g/mol. The molecule has 1 aliphatic heterocycles. The van der Waals surface area contributed by atoms with Gasteiger partial charge in [0.05, 0.1) is 11.1 Å². The van der Waals surface area contributed by atoms with E-state index in [1.54, 1.807) is 30.5 Å². The average Bonchev–Trinajstić information content (AvgIpc) is 3.18. The van der Waals surface area contributed by atoms with E-state index in [-0.39, 0.29) is 24.7 Å². The van der Waals surface area contributed by atoms with Gasteiger partial charge in [0.25, 0.3) is 6.71 Å². The van der Waals surface area contributed by atoms with E-state index in [0.717, 1.165) is 16.7 Å². The van der Waals surface area contributed by atoms with E-state index < -0.39 is 11.4 Å². The Morgan fingerprint density at radius 1 is 0.843 bits per heavy atom. The number of benzene rings is 4. The first kappa shape index (κ1) is 35.3. The summed E-state index contributed by atoms with van der Waals surface area (Å²) in [5.74, 6) is 2.56. The van der Waals surface area contributed by atoms with E-state index in [1.807, 2.05) is 111 Å². The second-order valence-corrected chi connectivity index (χ2v) is 12.7. The SMILES string of the molecule is CC.N#CB1CCC(O)(c2ccc3ncc(-c4ccc(OCc5ccccc5)nc4OCc4ccccc4)cc3c2F)CC1Cc1ccccc1. The van der Waals surface area contributed by atoms with Crippen molar-refractivity contribution in [1.82, 2.24) is 9.97 Å². The maximum Gasteiger partial charge on any atom is 0.271 e. The van der Waals surface area contributed by atoms with E-state index in [2.05, 4.69) is 11.0 Å². The zero-order valence-corrected chi connectivity index (χ0v) is 29.0. The van der Waals surface area contributed by atoms with Crippen LogP contribution in [0.4, 0.5) is 4.39 Å². The minimum Gasteiger partial charge on any atom is -0.473 e. The molecule has 2 unspecified atom stereocenters. The fraction of sp³-hybridized carbons (Fsp3) is 0.233. The number of rotatable bonds is 10. The molecule has 6 nitrogen and oxygen atoms in total. The quantitative estimate of drug-likeness (QED) is 0.145. The van der Waals surface area contributed by atoms with Gasteiger partial charge in [0.1, 0.15) is 19.0 Å². The van der Waals surface area contributed by atoms with E-state index in [0.29, 0.717) is 66.0 Å². The lowest BCUT2D eigenvalue weighted by atomic mass is 9.34. The van der Waals surface area contributed by atoms with Gasteiger partial charge in [-0.05, 0) is 60.0 Å². The van der Waals surface area contributed by atoms with Crippen molar-refractivity contribution in [2.45, 2.75) is 64.1 Å². The number of aromatic nitrogens is 2. The lowest BCUT2D eigenvalue weighted by Crippen LogP contribution is -2.39. The van der Waals surface area contributed by atoms with Crippen LogP contribution in [0.5, 0.6) is 11.8 Å². The van der Waals surface area contributed by atoms with E-state index in [1.165, 1.54) is 0 Å². The molecule has 3 heterocycles. The summed E-state index contributed by atoms with van der Waals surface area (Å²) in [5, 5.41) is 22.2. The molecule has 0 bridgehead atoms. The first-order valence-corrected chi connectivity index (χ1v) is 17.6. The van der Waals surface area contributed by atoms with Crippen LogP contribution in [0.25, 0.3) is 22.0 Å². The third-order valence-corrected chi connectivity index (χ3v) is 9.44. The van der Waals surface area contributed by atoms with Gasteiger partial charge in [0, 0.05) is 40.3 Å². The zero-order valence-electron chi connectivity index (χ0n) is 29.0. The molecule has 2 aromatic heterocycles. The molecule has 51 heavy (non-hydrogen) atoms. The number of hydrogen-bond acceptors (Lipinski definition) is 6. The highest BCUT2D eigenvalue weighted by atomic mass is 19.1. The maximum atomic E-state index is 16.6. The van der Waals surface area contributed by atoms with Crippen LogP contribution in [0.3, 0.4) is 0 Å². The van der Waals surface area contributed by atoms with Gasteiger partial charge in [-0.1, -0.05) is 117 Å². The number of nitriles is 1. The fourth-order valence-corrected chi connectivity index (χ4v) is 6.82. The zero-order chi connectivity index (χ0) is 35.6. The van der Waals surface area contributed by atoms with Crippen LogP contribution < -0.4 is 9.47 Å². The summed E-state index contributed by atoms with van der Waals surface area (Å²) in [7, 11) is 0. The highest BCUT2D eigenvalue weighted by Gasteiger charge is 2.44. The summed E-state index contributed by atoms with van der Waals surface area (Å²) in [6, 6.07) is 38.4. The molecule has 8 heteroatoms. The topological polar surface area (TPSA) is 88.3 Å². The van der Waals surface area contributed by atoms with Crippen molar-refractivity contribution >= 4 is 17.6 Å². The molecular weight excluding hydrogens is 636 g/mol. The highest BCUT2D eigenvalue weighted by Crippen LogP contribution is 2.46. The fourth-order valence-electron chi connectivity index (χ4n) is 6.82. The number of hydrogen-bond donors (Lipinski definition) is 1. The molecule has 1 N–H and O–H groups in total. The van der Waals surface area contributed by atoms with Crippen LogP contribution in [0.2, 0.25) is 12.1 Å². The Morgan fingerprint density at radius 3 is 2.12 bits per heavy atom. The second-order valence-electron chi connectivity index (χ2n) is 12.7. The Kier molecular flexibility index (Phi) is 11.4. The smallest absolute Gasteiger partial charge is 0.271 e. The van der Waals surface area contributed by atoms with E-state index >= 15 is 4.39 Å². The molecule has 1 saturated heterocycles. The second kappa shape index (κ2) is 16.5. The van der Waals surface area contributed by atoms with Crippen molar-refractivity contribution in [2.24, 2.45) is 0 Å². The number of pyridine rings is 2. The van der Waals surface area contributed by atoms with Gasteiger partial charge in [-0.3, -0.25) is 4.98 Å². The molecule has 7 rings (SSSR count). The van der Waals surface area contributed by atoms with Crippen molar-refractivity contribution in [2.75, 3.05) is 0 Å². The summed E-state index contributed by atoms with van der Waals surface area (Å²) in [6.07, 6.45) is 3.42. The lowest BCUT2D eigenvalue weighted by Gasteiger charge is -2.39. The van der Waals surface area contributed by atoms with E-state index in [4.69, 9.17) is 14.5 Å². The third-order valence-electron chi connectivity index (χ3n) is 9.44. The predicted octanol–water partition coefficient (Wildman–Crippen LogP) is 9.77. The van der Waals surface area contributed by atoms with Gasteiger partial charge < -0.3 is 14.6 Å². The normalized spacial score (nSPS) is 16.8. The Bertz CT molecular complexity index is 2090. The lowest BCUT2D eigenvalue weighted by molar-refractivity contribution is 0.0127. The molecule has 0 saturated carbocycles. The molecule has 0 amide bonds. The van der Waals surface area contributed by atoms with Gasteiger partial charge in [-0.2, -0.15) is 4.98 Å². The van der Waals surface area contributed by atoms with Gasteiger partial charge in [-0.15, -0.1) is 0 Å². The van der Waals surface area contributed by atoms with Crippen molar-refractivity contribution < 1.29 is 19.0 Å². The van der Waals surface area contributed by atoms with Gasteiger partial charge in [0.15, 0.2) is 0 Å². The van der Waals surface area contributed by atoms with Crippen molar-refractivity contribution in [3.05, 3.63) is 156 Å². The molecule has 1 aliphatic rings. The number of halogens is 1. The molecule has 6 aromatic rings. The maximum absolute atomic E-state index is 16.6.